The van der Waals surface area contributed by atoms with Gasteiger partial charge < -0.3 is 0 Å². The molecular weight excluding hydrogens is 327 g/mol. The topological polar surface area (TPSA) is 24.4 Å². The zero-order valence-corrected chi connectivity index (χ0v) is 12.7. The van der Waals surface area contributed by atoms with Crippen LogP contribution in [0.1, 0.15) is 11.1 Å². The predicted molar refractivity (Wildman–Crippen MR) is 76.3 cm³/mol. The summed E-state index contributed by atoms with van der Waals surface area (Å²) < 4.78 is 8.15. The van der Waals surface area contributed by atoms with Crippen molar-refractivity contribution in [2.75, 3.05) is 0 Å². The average Bonchev–Trinajstić information content (AvgIpc) is 2.49. The maximum absolute atomic E-state index is 4.67. The summed E-state index contributed by atoms with van der Waals surface area (Å²) in [5.74, 6) is 0. The Morgan fingerprint density at radius 1 is 0.778 bits per heavy atom. The van der Waals surface area contributed by atoms with Gasteiger partial charge >= 0.3 is 118 Å². The molecule has 1 N–H and O–H groups in total. The molecule has 2 aromatic rings. The number of hydrogen-bond donors (Lipinski definition) is 1. The minimum absolute atomic E-state index is 0.881. The first-order chi connectivity index (χ1) is 8.93. The Labute approximate surface area is 117 Å². The Kier molecular flexibility index (Phi) is 3.46. The van der Waals surface area contributed by atoms with Crippen molar-refractivity contribution in [3.05, 3.63) is 77.9 Å². The molecule has 0 saturated heterocycles. The van der Waals surface area contributed by atoms with E-state index in [1.807, 2.05) is 12.1 Å². The van der Waals surface area contributed by atoms with E-state index in [4.69, 9.17) is 0 Å². The van der Waals surface area contributed by atoms with Gasteiger partial charge in [0.2, 0.25) is 0 Å². The molecule has 3 rings (SSSR count). The summed E-state index contributed by atoms with van der Waals surface area (Å²) in [5, 5.41) is 0. The first-order valence-electron chi connectivity index (χ1n) is 5.85. The van der Waals surface area contributed by atoms with Crippen molar-refractivity contribution < 1.29 is 0 Å². The monoisotopic (exact) mass is 340 g/mol. The number of rotatable bonds is 2. The summed E-state index contributed by atoms with van der Waals surface area (Å²) in [5.41, 5.74) is 4.76. The van der Waals surface area contributed by atoms with Gasteiger partial charge in [-0.2, -0.15) is 0 Å². The van der Waals surface area contributed by atoms with Crippen molar-refractivity contribution >= 4 is 33.1 Å². The molecule has 2 aromatic carbocycles. The van der Waals surface area contributed by atoms with Crippen LogP contribution < -0.4 is 3.54 Å². The molecule has 0 aromatic heterocycles. The summed E-state index contributed by atoms with van der Waals surface area (Å²) >= 11 is -0.881. The molecule has 0 amide bonds. The van der Waals surface area contributed by atoms with Crippen molar-refractivity contribution in [1.82, 2.24) is 3.54 Å². The third-order valence-electron chi connectivity index (χ3n) is 2.80. The van der Waals surface area contributed by atoms with E-state index in [1.165, 1.54) is 16.8 Å². The second kappa shape index (κ2) is 5.40. The van der Waals surface area contributed by atoms with Gasteiger partial charge in [-0.25, -0.2) is 0 Å². The van der Waals surface area contributed by atoms with E-state index in [1.54, 1.807) is 0 Å². The number of benzene rings is 2. The zero-order valence-electron chi connectivity index (χ0n) is 9.80. The van der Waals surface area contributed by atoms with Gasteiger partial charge in [0, 0.05) is 0 Å². The van der Waals surface area contributed by atoms with Crippen LogP contribution in [0.15, 0.2) is 70.0 Å². The van der Waals surface area contributed by atoms with Gasteiger partial charge in [0.25, 0.3) is 0 Å². The minimum atomic E-state index is -0.881. The Morgan fingerprint density at radius 2 is 1.39 bits per heavy atom. The third-order valence-corrected chi connectivity index (χ3v) is 4.90. The summed E-state index contributed by atoms with van der Waals surface area (Å²) in [7, 11) is 0. The van der Waals surface area contributed by atoms with Crippen molar-refractivity contribution in [1.29, 1.82) is 0 Å². The summed E-state index contributed by atoms with van der Waals surface area (Å²) in [6.45, 7) is 0. The standard InChI is InChI=1S/C15H12N2.Sn/c16-14(12-7-3-1-4-8-12)11-15(17)13-9-5-2-6-10-13;/h1-11,16H;/q-2;+2. The van der Waals surface area contributed by atoms with Crippen molar-refractivity contribution in [2.45, 2.75) is 0 Å². The Morgan fingerprint density at radius 3 is 2.06 bits per heavy atom. The molecule has 1 aliphatic rings. The normalized spacial score (nSPS) is 14.4. The molecule has 1 heterocycles. The van der Waals surface area contributed by atoms with Gasteiger partial charge in [-0.3, -0.25) is 0 Å². The number of nitrogens with one attached hydrogen (secondary N) is 1. The van der Waals surface area contributed by atoms with E-state index < -0.39 is 21.7 Å². The van der Waals surface area contributed by atoms with Crippen LogP contribution in [0.4, 0.5) is 0 Å². The average molecular weight is 339 g/mol. The summed E-state index contributed by atoms with van der Waals surface area (Å²) in [6.07, 6.45) is 2.15. The number of allylic oxidation sites excluding steroid dienone is 1. The summed E-state index contributed by atoms with van der Waals surface area (Å²) in [4.78, 5) is 0. The molecule has 0 fully saturated rings. The Hall–Kier alpha value is -1.55. The molecular formula is C15H12N2Sn. The fraction of sp³-hybridized carbons (Fsp3) is 0. The predicted octanol–water partition coefficient (Wildman–Crippen LogP) is 2.65. The third kappa shape index (κ3) is 2.48. The summed E-state index contributed by atoms with van der Waals surface area (Å²) in [6, 6.07) is 20.8. The maximum atomic E-state index is 4.67. The quantitative estimate of drug-likeness (QED) is 0.836. The fourth-order valence-electron chi connectivity index (χ4n) is 1.88. The SMILES string of the molecule is C1=C(c2ccccc2)[NH][Sn][N]=C1c1ccccc1. The molecule has 0 atom stereocenters. The van der Waals surface area contributed by atoms with Crippen LogP contribution in [-0.2, 0) is 0 Å². The molecule has 18 heavy (non-hydrogen) atoms. The van der Waals surface area contributed by atoms with Gasteiger partial charge in [0.15, 0.2) is 0 Å². The molecule has 3 heteroatoms. The van der Waals surface area contributed by atoms with Gasteiger partial charge in [-0.15, -0.1) is 0 Å². The Balaban J connectivity index is 1.95. The molecule has 0 bridgehead atoms. The van der Waals surface area contributed by atoms with Gasteiger partial charge in [-0.1, -0.05) is 0 Å². The van der Waals surface area contributed by atoms with E-state index in [0.29, 0.717) is 0 Å². The van der Waals surface area contributed by atoms with Crippen LogP contribution in [-0.4, -0.2) is 27.4 Å². The second-order valence-corrected chi connectivity index (χ2v) is 6.01. The van der Waals surface area contributed by atoms with Crippen LogP contribution in [0.25, 0.3) is 5.70 Å². The van der Waals surface area contributed by atoms with Crippen LogP contribution >= 0.6 is 0 Å². The van der Waals surface area contributed by atoms with Crippen molar-refractivity contribution in [2.24, 2.45) is 3.21 Å². The van der Waals surface area contributed by atoms with Crippen LogP contribution in [0.2, 0.25) is 0 Å². The van der Waals surface area contributed by atoms with E-state index in [2.05, 4.69) is 61.4 Å². The molecule has 1 aliphatic heterocycles. The first-order valence-corrected chi connectivity index (χ1v) is 8.55. The van der Waals surface area contributed by atoms with E-state index >= 15 is 0 Å². The Bertz CT molecular complexity index is 588. The van der Waals surface area contributed by atoms with Gasteiger partial charge in [-0.05, 0) is 0 Å². The molecule has 2 nitrogen and oxygen atoms in total. The zero-order chi connectivity index (χ0) is 12.2. The molecule has 0 aliphatic carbocycles. The van der Waals surface area contributed by atoms with Gasteiger partial charge in [0.1, 0.15) is 0 Å². The van der Waals surface area contributed by atoms with E-state index in [9.17, 15) is 0 Å². The van der Waals surface area contributed by atoms with E-state index in [0.717, 1.165) is 5.71 Å². The fourth-order valence-corrected chi connectivity index (χ4v) is 3.90. The van der Waals surface area contributed by atoms with Gasteiger partial charge in [0.05, 0.1) is 0 Å². The van der Waals surface area contributed by atoms with Crippen LogP contribution in [0, 0.1) is 0 Å². The molecule has 0 saturated carbocycles. The van der Waals surface area contributed by atoms with Crippen molar-refractivity contribution in [3.8, 4) is 0 Å². The first kappa shape index (κ1) is 11.5. The molecule has 2 radical (unpaired) electrons. The molecule has 86 valence electrons. The van der Waals surface area contributed by atoms with E-state index in [-0.39, 0.29) is 0 Å². The number of nitrogens with zero attached hydrogens (tertiary/aromatic N) is 1. The van der Waals surface area contributed by atoms with Crippen LogP contribution in [0.3, 0.4) is 0 Å². The van der Waals surface area contributed by atoms with Crippen molar-refractivity contribution in [3.63, 3.8) is 0 Å². The molecule has 0 spiro atoms. The van der Waals surface area contributed by atoms with Crippen LogP contribution in [0.5, 0.6) is 0 Å². The second-order valence-electron chi connectivity index (χ2n) is 4.02. The number of hydrogen-bond acceptors (Lipinski definition) is 2. The molecule has 0 unspecified atom stereocenters.